The summed E-state index contributed by atoms with van der Waals surface area (Å²) in [6.45, 7) is 6.60. The number of unbranched alkanes of at least 4 members (excludes halogenated alkanes) is 1. The summed E-state index contributed by atoms with van der Waals surface area (Å²) in [5, 5.41) is 38.0. The van der Waals surface area contributed by atoms with Crippen molar-refractivity contribution in [1.29, 1.82) is 0 Å². The van der Waals surface area contributed by atoms with Crippen molar-refractivity contribution in [3.05, 3.63) is 130 Å². The van der Waals surface area contributed by atoms with Gasteiger partial charge in [0.1, 0.15) is 35.7 Å². The maximum Gasteiger partial charge on any atom is 0.248 e. The monoisotopic (exact) mass is 1240 g/mol. The zero-order valence-electron chi connectivity index (χ0n) is 50.1. The predicted octanol–water partition coefficient (Wildman–Crippen LogP) is 2.80. The summed E-state index contributed by atoms with van der Waals surface area (Å²) in [4.78, 5) is 120. The molecule has 9 amide bonds. The number of aryl methyl sites for hydroxylation is 2. The Hall–Kier alpha value is -7.42. The number of amides is 9. The molecule has 0 saturated carbocycles. The van der Waals surface area contributed by atoms with Crippen LogP contribution in [-0.4, -0.2) is 180 Å². The molecule has 0 aliphatic heterocycles. The smallest absolute Gasteiger partial charge is 0.248 e. The molecule has 4 unspecified atom stereocenters. The number of phenols is 2. The summed E-state index contributed by atoms with van der Waals surface area (Å²) in [6.07, 6.45) is 3.45. The van der Waals surface area contributed by atoms with Crippen LogP contribution >= 0.6 is 33.2 Å². The summed E-state index contributed by atoms with van der Waals surface area (Å²) in [5.74, 6) is -5.30. The number of aliphatic hydroxyl groups is 1. The predicted molar refractivity (Wildman–Crippen MR) is 336 cm³/mol. The van der Waals surface area contributed by atoms with Gasteiger partial charge < -0.3 is 74.2 Å². The molecule has 0 bridgehead atoms. The van der Waals surface area contributed by atoms with E-state index >= 15 is 0 Å². The molecule has 23 nitrogen and oxygen atoms in total. The van der Waals surface area contributed by atoms with E-state index in [9.17, 15) is 53.4 Å². The van der Waals surface area contributed by atoms with Crippen molar-refractivity contribution in [2.75, 3.05) is 73.0 Å². The molecule has 0 saturated heterocycles. The molecule has 0 fully saturated rings. The number of halogens is 1. The standard InChI is InChI=1S/C46H62ClN9O10S2.C8H9NO.C2H6O.C2H6.CH5N/c1-54(27-41(61)50-26-42(62)55(2)37(43(49)63)23-30-10-17-33(57)18-11-30)45(65)35(7-5-6-22-48)52-40(60)25-51-44(64)38(24-31-12-19-34(58)20-13-31)56(3)46(66)36(28-68-67-4)53-39(59)21-14-29-8-15-32(47)16-9-29;1-6-2-4-7(5-3-6)8(9)10;1-2-3;2*1-2/h8-13,15-20,35-38,57-58H,5-7,14,21-28,48H2,1-4H3,(H2,49,63)(H,50,61)(H,51,64)(H,52,60)(H,53,59);2-5H,1H3,(H2,9,10);3H,2H2,1H3;1-2H3;2H2,1H3. The molecule has 0 aromatic heterocycles. The molecular formula is C59H88ClN11O12S2. The van der Waals surface area contributed by atoms with Crippen molar-refractivity contribution in [1.82, 2.24) is 36.0 Å². The van der Waals surface area contributed by atoms with Gasteiger partial charge in [0, 0.05) is 63.4 Å². The third-order valence-electron chi connectivity index (χ3n) is 12.1. The first-order valence-electron chi connectivity index (χ1n) is 27.4. The maximum absolute atomic E-state index is 14.1. The lowest BCUT2D eigenvalue weighted by Gasteiger charge is -2.31. The van der Waals surface area contributed by atoms with Gasteiger partial charge in [0.15, 0.2) is 0 Å². The van der Waals surface area contributed by atoms with Crippen LogP contribution in [0.25, 0.3) is 0 Å². The Balaban J connectivity index is 0.00000361. The minimum atomic E-state index is -1.19. The van der Waals surface area contributed by atoms with Gasteiger partial charge in [-0.05, 0) is 125 Å². The number of hydrogen-bond acceptors (Lipinski definition) is 16. The molecule has 0 aliphatic rings. The van der Waals surface area contributed by atoms with Crippen LogP contribution in [0.3, 0.4) is 0 Å². The first-order chi connectivity index (χ1) is 40.4. The Morgan fingerprint density at radius 1 is 0.647 bits per heavy atom. The van der Waals surface area contributed by atoms with Crippen LogP contribution in [0.1, 0.15) is 79.1 Å². The van der Waals surface area contributed by atoms with Crippen molar-refractivity contribution in [3.8, 4) is 11.5 Å². The van der Waals surface area contributed by atoms with Crippen molar-refractivity contribution in [2.45, 2.75) is 96.8 Å². The van der Waals surface area contributed by atoms with Crippen LogP contribution in [0.5, 0.6) is 11.5 Å². The number of hydrogen-bond donors (Lipinski definition) is 11. The van der Waals surface area contributed by atoms with Crippen molar-refractivity contribution >= 4 is 86.4 Å². The fourth-order valence-electron chi connectivity index (χ4n) is 7.52. The lowest BCUT2D eigenvalue weighted by atomic mass is 10.0. The number of nitrogens with one attached hydrogen (secondary N) is 4. The van der Waals surface area contributed by atoms with Gasteiger partial charge in [-0.1, -0.05) is 101 Å². The fraction of sp³-hybridized carbons (Fsp3) is 0.441. The van der Waals surface area contributed by atoms with Gasteiger partial charge in [-0.15, -0.1) is 0 Å². The first kappa shape index (κ1) is 77.6. The minimum absolute atomic E-state index is 0.00915. The molecule has 26 heteroatoms. The highest BCUT2D eigenvalue weighted by molar-refractivity contribution is 8.76. The number of rotatable bonds is 29. The minimum Gasteiger partial charge on any atom is -0.508 e. The highest BCUT2D eigenvalue weighted by atomic mass is 35.5. The molecule has 4 rings (SSSR count). The zero-order valence-corrected chi connectivity index (χ0v) is 52.5. The second-order valence-corrected chi connectivity index (χ2v) is 21.5. The third kappa shape index (κ3) is 31.3. The lowest BCUT2D eigenvalue weighted by Crippen LogP contribution is -2.57. The molecule has 0 spiro atoms. The van der Waals surface area contributed by atoms with Gasteiger partial charge >= 0.3 is 0 Å². The number of aliphatic hydroxyl groups excluding tert-OH is 1. The van der Waals surface area contributed by atoms with Crippen LogP contribution in [0.15, 0.2) is 97.1 Å². The first-order valence-corrected chi connectivity index (χ1v) is 30.5. The molecular weight excluding hydrogens is 1150 g/mol. The topological polar surface area (TPSA) is 376 Å². The molecule has 470 valence electrons. The highest BCUT2D eigenvalue weighted by Gasteiger charge is 2.34. The van der Waals surface area contributed by atoms with Crippen LogP contribution in [-0.2, 0) is 57.6 Å². The summed E-state index contributed by atoms with van der Waals surface area (Å²) < 4.78 is 0. The Bertz CT molecular complexity index is 2660. The summed E-state index contributed by atoms with van der Waals surface area (Å²) in [5.41, 5.74) is 24.6. The van der Waals surface area contributed by atoms with Crippen LogP contribution < -0.4 is 44.2 Å². The normalized spacial score (nSPS) is 11.5. The van der Waals surface area contributed by atoms with E-state index in [1.165, 1.54) is 78.9 Å². The van der Waals surface area contributed by atoms with Gasteiger partial charge in [0.2, 0.25) is 53.2 Å². The van der Waals surface area contributed by atoms with Crippen LogP contribution in [0.4, 0.5) is 0 Å². The SMILES string of the molecule is CC.CCO.CN.CSSCC(NC(=O)CCc1ccc(Cl)cc1)C(=O)N(C)C(Cc1ccc(O)cc1)C(=O)NCC(=O)NC(CCCCN)C(=O)N(C)CC(=O)NCC(=O)N(C)C(Cc1ccc(O)cc1)C(N)=O.Cc1ccc(C(N)=O)cc1. The maximum atomic E-state index is 14.1. The number of nitrogens with two attached hydrogens (primary N) is 4. The molecule has 0 radical (unpaired) electrons. The molecule has 4 aromatic carbocycles. The average Bonchev–Trinajstić information content (AvgIpc) is 3.59. The van der Waals surface area contributed by atoms with Gasteiger partial charge in [-0.2, -0.15) is 0 Å². The molecule has 4 aromatic rings. The number of aromatic hydroxyl groups is 2. The summed E-state index contributed by atoms with van der Waals surface area (Å²) in [7, 11) is 8.38. The number of nitrogens with zero attached hydrogens (tertiary/aromatic N) is 3. The summed E-state index contributed by atoms with van der Waals surface area (Å²) in [6, 6.07) is 21.9. The second kappa shape index (κ2) is 44.1. The van der Waals surface area contributed by atoms with Gasteiger partial charge in [0.05, 0.1) is 19.6 Å². The Kier molecular flexibility index (Phi) is 40.3. The molecule has 0 aliphatic carbocycles. The number of carbonyl (C=O) groups excluding carboxylic acids is 9. The Morgan fingerprint density at radius 2 is 1.15 bits per heavy atom. The fourth-order valence-corrected chi connectivity index (χ4v) is 8.96. The van der Waals surface area contributed by atoms with E-state index in [0.29, 0.717) is 47.5 Å². The second-order valence-electron chi connectivity index (χ2n) is 18.5. The quantitative estimate of drug-likeness (QED) is 0.0275. The number of carbonyl (C=O) groups is 9. The van der Waals surface area contributed by atoms with E-state index < -0.39 is 85.2 Å². The molecule has 85 heavy (non-hydrogen) atoms. The van der Waals surface area contributed by atoms with Gasteiger partial charge in [-0.3, -0.25) is 43.2 Å². The Labute approximate surface area is 512 Å². The molecule has 0 heterocycles. The van der Waals surface area contributed by atoms with Gasteiger partial charge in [-0.25, -0.2) is 0 Å². The largest absolute Gasteiger partial charge is 0.508 e. The number of likely N-dealkylation sites (N-methyl/N-ethyl adjacent to an activating group) is 3. The van der Waals surface area contributed by atoms with E-state index in [4.69, 9.17) is 33.9 Å². The van der Waals surface area contributed by atoms with E-state index in [2.05, 4.69) is 27.0 Å². The van der Waals surface area contributed by atoms with E-state index in [0.717, 1.165) is 20.9 Å². The van der Waals surface area contributed by atoms with E-state index in [1.54, 1.807) is 55.5 Å². The summed E-state index contributed by atoms with van der Waals surface area (Å²) >= 11 is 5.99. The molecule has 4 atom stereocenters. The average molecular weight is 1240 g/mol. The van der Waals surface area contributed by atoms with E-state index in [-0.39, 0.29) is 61.4 Å². The Morgan fingerprint density at radius 3 is 1.65 bits per heavy atom. The van der Waals surface area contributed by atoms with Crippen molar-refractivity contribution < 1.29 is 58.5 Å². The highest BCUT2D eigenvalue weighted by Crippen LogP contribution is 2.21. The van der Waals surface area contributed by atoms with E-state index in [1.807, 2.05) is 51.3 Å². The number of primary amides is 2. The zero-order chi connectivity index (χ0) is 64.6. The number of phenolic OH excluding ortho intramolecular Hbond substituents is 2. The third-order valence-corrected chi connectivity index (χ3v) is 14.2. The molecule has 15 N–H and O–H groups in total. The van der Waals surface area contributed by atoms with Crippen LogP contribution in [0.2, 0.25) is 5.02 Å². The lowest BCUT2D eigenvalue weighted by molar-refractivity contribution is -0.141. The van der Waals surface area contributed by atoms with Gasteiger partial charge in [0.25, 0.3) is 0 Å². The van der Waals surface area contributed by atoms with Crippen LogP contribution in [0, 0.1) is 6.92 Å². The van der Waals surface area contributed by atoms with Crippen molar-refractivity contribution in [3.63, 3.8) is 0 Å². The number of benzene rings is 4. The van der Waals surface area contributed by atoms with Crippen molar-refractivity contribution in [2.24, 2.45) is 22.9 Å².